The van der Waals surface area contributed by atoms with E-state index >= 15 is 0 Å². The number of aliphatic hydroxyl groups excluding tert-OH is 1. The van der Waals surface area contributed by atoms with E-state index in [1.807, 2.05) is 43.9 Å². The topological polar surface area (TPSA) is 158 Å². The number of rotatable bonds is 8. The highest BCUT2D eigenvalue weighted by molar-refractivity contribution is 5.90. The van der Waals surface area contributed by atoms with Gasteiger partial charge in [-0.25, -0.2) is 0 Å². The molecule has 14 heteroatoms. The summed E-state index contributed by atoms with van der Waals surface area (Å²) in [6, 6.07) is 9.39. The Labute approximate surface area is 318 Å². The molecule has 14 nitrogen and oxygen atoms in total. The van der Waals surface area contributed by atoms with Gasteiger partial charge in [-0.05, 0) is 61.1 Å². The van der Waals surface area contributed by atoms with Gasteiger partial charge >= 0.3 is 0 Å². The predicted octanol–water partition coefficient (Wildman–Crippen LogP) is 1.98. The van der Waals surface area contributed by atoms with Crippen molar-refractivity contribution in [3.05, 3.63) is 30.3 Å². The zero-order valence-electron chi connectivity index (χ0n) is 32.0. The minimum Gasteiger partial charge on any atom is -0.507 e. The van der Waals surface area contributed by atoms with Crippen molar-refractivity contribution in [1.29, 1.82) is 0 Å². The van der Waals surface area contributed by atoms with Crippen molar-refractivity contribution >= 4 is 29.2 Å². The van der Waals surface area contributed by atoms with Gasteiger partial charge in [-0.15, -0.1) is 10.2 Å². The molecular weight excluding hydrogens is 686 g/mol. The summed E-state index contributed by atoms with van der Waals surface area (Å²) in [5, 5.41) is 35.6. The Balaban J connectivity index is 0.747. The predicted molar refractivity (Wildman–Crippen MR) is 205 cm³/mol. The van der Waals surface area contributed by atoms with Gasteiger partial charge in [-0.1, -0.05) is 32.9 Å². The molecule has 54 heavy (non-hydrogen) atoms. The van der Waals surface area contributed by atoms with Crippen LogP contribution in [0.5, 0.6) is 5.75 Å². The van der Waals surface area contributed by atoms with Crippen molar-refractivity contribution in [3.63, 3.8) is 0 Å². The second kappa shape index (κ2) is 14.6. The molecule has 2 aromatic rings. The lowest BCUT2D eigenvalue weighted by Gasteiger charge is -2.60. The molecule has 3 amide bonds. The number of aliphatic hydroxyl groups is 1. The summed E-state index contributed by atoms with van der Waals surface area (Å²) in [5.41, 5.74) is 2.14. The molecule has 0 bridgehead atoms. The van der Waals surface area contributed by atoms with Crippen LogP contribution in [0.25, 0.3) is 11.3 Å². The van der Waals surface area contributed by atoms with Crippen molar-refractivity contribution in [2.45, 2.75) is 83.5 Å². The molecule has 5 fully saturated rings. The molecule has 3 atom stereocenters. The summed E-state index contributed by atoms with van der Waals surface area (Å²) in [5.74, 6) is 1.04. The third kappa shape index (κ3) is 7.36. The van der Waals surface area contributed by atoms with E-state index in [1.165, 1.54) is 0 Å². The van der Waals surface area contributed by atoms with E-state index in [-0.39, 0.29) is 40.8 Å². The van der Waals surface area contributed by atoms with E-state index in [4.69, 9.17) is 0 Å². The molecule has 0 unspecified atom stereocenters. The first-order chi connectivity index (χ1) is 25.9. The zero-order chi connectivity index (χ0) is 37.8. The second-order valence-corrected chi connectivity index (χ2v) is 17.9. The standard InChI is InChI=1S/C40H57N9O5/c1-39(2,3)35(38(54)48-11-8-29(50)25-48)42-37(53)26-19-40(20-26)21-27(22-40)46-13-15-47(16-14-46)34(52)9-10-45-12-17-49-28(24-45)23-41-36-32(49)18-31(43-44-36)30-6-4-5-7-33(30)51/h4-7,18,26-29,35,50-51H,8-17,19-25H2,1-3H3,(H,41,44)(H,42,53)/t26-,27-,28-,29+,35+,40?/m0/s1. The summed E-state index contributed by atoms with van der Waals surface area (Å²) in [7, 11) is 0. The van der Waals surface area contributed by atoms with E-state index in [1.54, 1.807) is 17.0 Å². The molecule has 4 aliphatic heterocycles. The van der Waals surface area contributed by atoms with Gasteiger partial charge in [0.05, 0.1) is 23.5 Å². The number of nitrogens with zero attached hydrogens (tertiary/aromatic N) is 7. The molecule has 2 saturated carbocycles. The van der Waals surface area contributed by atoms with Crippen LogP contribution in [0.4, 0.5) is 11.5 Å². The van der Waals surface area contributed by atoms with Crippen molar-refractivity contribution in [2.75, 3.05) is 82.2 Å². The number of benzene rings is 1. The first kappa shape index (κ1) is 36.9. The maximum absolute atomic E-state index is 13.3. The van der Waals surface area contributed by atoms with Crippen LogP contribution in [0.15, 0.2) is 30.3 Å². The van der Waals surface area contributed by atoms with Crippen molar-refractivity contribution in [2.24, 2.45) is 16.7 Å². The molecule has 292 valence electrons. The van der Waals surface area contributed by atoms with Gasteiger partial charge in [0.1, 0.15) is 11.8 Å². The molecule has 5 heterocycles. The number of β-amino-alcohol motifs (C(OH)–C–C–N with tert-alkyl or cyclic N) is 1. The van der Waals surface area contributed by atoms with Crippen molar-refractivity contribution in [1.82, 2.24) is 35.1 Å². The second-order valence-electron chi connectivity index (χ2n) is 17.9. The number of carbonyl (C=O) groups excluding carboxylic acids is 3. The number of para-hydroxylation sites is 1. The third-order valence-corrected chi connectivity index (χ3v) is 13.1. The zero-order valence-corrected chi connectivity index (χ0v) is 32.0. The Morgan fingerprint density at radius 3 is 2.41 bits per heavy atom. The van der Waals surface area contributed by atoms with Crippen LogP contribution >= 0.6 is 0 Å². The highest BCUT2D eigenvalue weighted by Gasteiger charge is 2.56. The molecule has 0 radical (unpaired) electrons. The number of anilines is 2. The summed E-state index contributed by atoms with van der Waals surface area (Å²) in [4.78, 5) is 51.0. The molecule has 1 spiro atoms. The largest absolute Gasteiger partial charge is 0.507 e. The molecule has 2 aliphatic carbocycles. The highest BCUT2D eigenvalue weighted by atomic mass is 16.3. The fraction of sp³-hybridized carbons (Fsp3) is 0.675. The van der Waals surface area contributed by atoms with E-state index in [0.29, 0.717) is 43.2 Å². The molecule has 3 saturated heterocycles. The number of aromatic nitrogens is 2. The molecule has 8 rings (SSSR count). The van der Waals surface area contributed by atoms with E-state index < -0.39 is 17.6 Å². The number of carbonyl (C=O) groups is 3. The lowest BCUT2D eigenvalue weighted by molar-refractivity contribution is -0.150. The highest BCUT2D eigenvalue weighted by Crippen LogP contribution is 2.60. The maximum atomic E-state index is 13.3. The summed E-state index contributed by atoms with van der Waals surface area (Å²) in [6.45, 7) is 14.2. The number of aromatic hydroxyl groups is 1. The minimum absolute atomic E-state index is 0.0129. The number of phenolic OH excluding ortho intramolecular Hbond substituents is 1. The molecule has 1 aromatic heterocycles. The number of nitrogens with one attached hydrogen (secondary N) is 2. The Morgan fingerprint density at radius 2 is 1.70 bits per heavy atom. The fourth-order valence-corrected chi connectivity index (χ4v) is 9.86. The summed E-state index contributed by atoms with van der Waals surface area (Å²) < 4.78 is 0. The number of amides is 3. The van der Waals surface area contributed by atoms with Crippen LogP contribution in [0.1, 0.15) is 59.3 Å². The Hall–Kier alpha value is -4.01. The van der Waals surface area contributed by atoms with Gasteiger partial charge in [-0.2, -0.15) is 0 Å². The van der Waals surface area contributed by atoms with Crippen LogP contribution < -0.4 is 15.5 Å². The van der Waals surface area contributed by atoms with Gasteiger partial charge in [0.2, 0.25) is 17.7 Å². The average molecular weight is 744 g/mol. The van der Waals surface area contributed by atoms with E-state index in [2.05, 4.69) is 35.5 Å². The Morgan fingerprint density at radius 1 is 0.944 bits per heavy atom. The van der Waals surface area contributed by atoms with Gasteiger partial charge in [0, 0.05) is 95.9 Å². The SMILES string of the molecule is CC(C)(C)[C@H](NC(=O)[C@H]1CC2(C1)C[C@H](N1CCN(C(=O)CCN3CCN4c5cc(-c6ccccc6O)nnc5NC[C@H]4C3)CC1)C2)C(=O)N1CC[C@@H](O)C1. The van der Waals surface area contributed by atoms with Crippen LogP contribution in [0, 0.1) is 16.7 Å². The summed E-state index contributed by atoms with van der Waals surface area (Å²) in [6.07, 6.45) is 4.60. The van der Waals surface area contributed by atoms with Crippen LogP contribution in [-0.4, -0.2) is 154 Å². The molecule has 1 aromatic carbocycles. The van der Waals surface area contributed by atoms with E-state index in [0.717, 1.165) is 96.1 Å². The monoisotopic (exact) mass is 743 g/mol. The van der Waals surface area contributed by atoms with Crippen LogP contribution in [-0.2, 0) is 14.4 Å². The lowest BCUT2D eigenvalue weighted by Crippen LogP contribution is -2.63. The number of hydrogen-bond donors (Lipinski definition) is 4. The quantitative estimate of drug-likeness (QED) is 0.314. The lowest BCUT2D eigenvalue weighted by atomic mass is 9.49. The Kier molecular flexibility index (Phi) is 9.97. The minimum atomic E-state index is -0.597. The van der Waals surface area contributed by atoms with Crippen LogP contribution in [0.2, 0.25) is 0 Å². The van der Waals surface area contributed by atoms with Gasteiger partial charge in [0.15, 0.2) is 5.82 Å². The van der Waals surface area contributed by atoms with Gasteiger partial charge in [0.25, 0.3) is 0 Å². The first-order valence-electron chi connectivity index (χ1n) is 20.0. The number of hydrogen-bond acceptors (Lipinski definition) is 11. The summed E-state index contributed by atoms with van der Waals surface area (Å²) >= 11 is 0. The van der Waals surface area contributed by atoms with Crippen molar-refractivity contribution < 1.29 is 24.6 Å². The van der Waals surface area contributed by atoms with Crippen LogP contribution in [0.3, 0.4) is 0 Å². The smallest absolute Gasteiger partial charge is 0.245 e. The molecule has 6 aliphatic rings. The third-order valence-electron chi connectivity index (χ3n) is 13.1. The Bertz CT molecular complexity index is 1730. The molecular formula is C40H57N9O5. The maximum Gasteiger partial charge on any atom is 0.245 e. The number of phenols is 1. The van der Waals surface area contributed by atoms with Gasteiger partial charge in [-0.3, -0.25) is 24.2 Å². The molecule has 4 N–H and O–H groups in total. The normalized spacial score (nSPS) is 29.1. The number of likely N-dealkylation sites (tertiary alicyclic amines) is 1. The van der Waals surface area contributed by atoms with Gasteiger partial charge < -0.3 is 35.5 Å². The average Bonchev–Trinajstić information content (AvgIpc) is 3.57. The first-order valence-corrected chi connectivity index (χ1v) is 20.0. The fourth-order valence-electron chi connectivity index (χ4n) is 9.86. The van der Waals surface area contributed by atoms with E-state index in [9.17, 15) is 24.6 Å². The number of piperazine rings is 2. The number of fused-ring (bicyclic) bond motifs is 3. The van der Waals surface area contributed by atoms with Crippen molar-refractivity contribution in [3.8, 4) is 17.0 Å².